The maximum Gasteiger partial charge on any atom is 0.319 e. The molecule has 45 heavy (non-hydrogen) atoms. The van der Waals surface area contributed by atoms with E-state index in [1.807, 2.05) is 31.2 Å². The van der Waals surface area contributed by atoms with E-state index in [0.29, 0.717) is 41.9 Å². The second-order valence-corrected chi connectivity index (χ2v) is 13.2. The largest absolute Gasteiger partial charge is 0.508 e. The van der Waals surface area contributed by atoms with E-state index in [-0.39, 0.29) is 40.0 Å². The Morgan fingerprint density at radius 3 is 2.91 bits per heavy atom. The molecule has 3 N–H and O–H groups in total. The molecule has 0 spiro atoms. The highest BCUT2D eigenvalue weighted by atomic mass is 35.5. The SMILES string of the molecule is C[C@@H](COc1nc(N2CCC3CNC(C3)C2)c2cc(Cl)c(-c3cc(O)cc4ccccc34)c(F)c2n1)CN1CCO[C@H](C)NC1. The number of aromatic nitrogens is 2. The van der Waals surface area contributed by atoms with Crippen LogP contribution in [0.4, 0.5) is 10.2 Å². The van der Waals surface area contributed by atoms with Gasteiger partial charge in [0.05, 0.1) is 24.9 Å². The number of rotatable bonds is 7. The number of phenolic OH excluding ortho intramolecular Hbond substituents is 1. The minimum Gasteiger partial charge on any atom is -0.508 e. The Morgan fingerprint density at radius 2 is 2.02 bits per heavy atom. The van der Waals surface area contributed by atoms with E-state index < -0.39 is 5.82 Å². The number of fused-ring (bicyclic) bond motifs is 4. The average Bonchev–Trinajstić information content (AvgIpc) is 3.23. The van der Waals surface area contributed by atoms with Crippen molar-refractivity contribution in [3.63, 3.8) is 0 Å². The summed E-state index contributed by atoms with van der Waals surface area (Å²) >= 11 is 6.90. The van der Waals surface area contributed by atoms with Crippen LogP contribution in [0.5, 0.6) is 11.8 Å². The summed E-state index contributed by atoms with van der Waals surface area (Å²) in [6, 6.07) is 13.0. The van der Waals surface area contributed by atoms with Gasteiger partial charge in [0.25, 0.3) is 0 Å². The van der Waals surface area contributed by atoms with Crippen LogP contribution in [0.15, 0.2) is 42.5 Å². The molecule has 0 aliphatic carbocycles. The zero-order valence-corrected chi connectivity index (χ0v) is 26.5. The van der Waals surface area contributed by atoms with Crippen molar-refractivity contribution in [3.05, 3.63) is 53.3 Å². The maximum absolute atomic E-state index is 16.8. The zero-order valence-electron chi connectivity index (χ0n) is 25.7. The smallest absolute Gasteiger partial charge is 0.319 e. The lowest BCUT2D eigenvalue weighted by molar-refractivity contribution is 0.0600. The average molecular weight is 635 g/mol. The number of halogens is 2. The molecule has 11 heteroatoms. The van der Waals surface area contributed by atoms with Gasteiger partial charge in [0, 0.05) is 49.1 Å². The van der Waals surface area contributed by atoms with E-state index in [4.69, 9.17) is 26.1 Å². The number of nitrogens with zero attached hydrogens (tertiary/aromatic N) is 4. The summed E-state index contributed by atoms with van der Waals surface area (Å²) in [6.07, 6.45) is 2.18. The zero-order chi connectivity index (χ0) is 31.1. The molecular formula is C34H40ClFN6O3. The topological polar surface area (TPSA) is 95.0 Å². The van der Waals surface area contributed by atoms with E-state index in [2.05, 4.69) is 32.3 Å². The van der Waals surface area contributed by atoms with Crippen molar-refractivity contribution < 1.29 is 19.0 Å². The van der Waals surface area contributed by atoms with Gasteiger partial charge in [-0.25, -0.2) is 4.39 Å². The van der Waals surface area contributed by atoms with Gasteiger partial charge in [-0.15, -0.1) is 0 Å². The van der Waals surface area contributed by atoms with Crippen molar-refractivity contribution in [2.24, 2.45) is 11.8 Å². The minimum absolute atomic E-state index is 0.0292. The molecule has 3 fully saturated rings. The molecule has 0 amide bonds. The minimum atomic E-state index is -0.561. The van der Waals surface area contributed by atoms with E-state index in [1.165, 1.54) is 0 Å². The predicted molar refractivity (Wildman–Crippen MR) is 175 cm³/mol. The van der Waals surface area contributed by atoms with Crippen molar-refractivity contribution in [1.29, 1.82) is 0 Å². The Bertz CT molecular complexity index is 1710. The highest BCUT2D eigenvalue weighted by molar-refractivity contribution is 6.35. The Balaban J connectivity index is 1.27. The molecule has 3 aromatic carbocycles. The van der Waals surface area contributed by atoms with E-state index in [1.54, 1.807) is 18.2 Å². The van der Waals surface area contributed by atoms with Gasteiger partial charge in [0.1, 0.15) is 23.3 Å². The number of nitrogens with one attached hydrogen (secondary N) is 2. The third kappa shape index (κ3) is 6.39. The molecule has 4 atom stereocenters. The summed E-state index contributed by atoms with van der Waals surface area (Å²) in [5.41, 5.74) is 0.855. The third-order valence-electron chi connectivity index (χ3n) is 9.26. The van der Waals surface area contributed by atoms with Gasteiger partial charge in [-0.1, -0.05) is 42.8 Å². The molecule has 2 unspecified atom stereocenters. The number of ether oxygens (including phenoxy) is 2. The van der Waals surface area contributed by atoms with Crippen LogP contribution in [0.2, 0.25) is 5.02 Å². The number of aromatic hydroxyl groups is 1. The first-order valence-corrected chi connectivity index (χ1v) is 16.3. The highest BCUT2D eigenvalue weighted by Gasteiger charge is 2.32. The first-order chi connectivity index (χ1) is 21.8. The lowest BCUT2D eigenvalue weighted by Crippen LogP contribution is -2.39. The predicted octanol–water partition coefficient (Wildman–Crippen LogP) is 5.38. The Hall–Kier alpha value is -3.28. The number of benzene rings is 3. The quantitative estimate of drug-likeness (QED) is 0.248. The van der Waals surface area contributed by atoms with Crippen molar-refractivity contribution in [1.82, 2.24) is 25.5 Å². The van der Waals surface area contributed by atoms with Gasteiger partial charge in [0.15, 0.2) is 5.82 Å². The molecule has 1 aromatic heterocycles. The molecule has 3 aliphatic rings. The second-order valence-electron chi connectivity index (χ2n) is 12.8. The van der Waals surface area contributed by atoms with E-state index in [9.17, 15) is 5.11 Å². The number of hydrogen-bond acceptors (Lipinski definition) is 9. The van der Waals surface area contributed by atoms with Gasteiger partial charge in [-0.3, -0.25) is 10.2 Å². The number of anilines is 1. The highest BCUT2D eigenvalue weighted by Crippen LogP contribution is 2.43. The summed E-state index contributed by atoms with van der Waals surface area (Å²) in [5.74, 6) is 0.901. The first kappa shape index (κ1) is 30.4. The van der Waals surface area contributed by atoms with Gasteiger partial charge >= 0.3 is 6.01 Å². The molecule has 0 saturated carbocycles. The standard InChI is InChI=1S/C34H40ClFN6O3/c1-20(16-41-9-10-44-21(2)38-19-41)18-45-34-39-32-28(33(40-34)42-8-7-22-11-24(17-42)37-15-22)14-29(35)30(31(32)36)27-13-25(43)12-23-5-3-4-6-26(23)27/h3-6,12-14,20-22,24,37-38,43H,7-11,15-19H2,1-2H3/t20-,21-,22?,24?/m1/s1. The van der Waals surface area contributed by atoms with Gasteiger partial charge < -0.3 is 24.8 Å². The van der Waals surface area contributed by atoms with Crippen LogP contribution < -0.4 is 20.3 Å². The molecule has 2 bridgehead atoms. The van der Waals surface area contributed by atoms with Crippen LogP contribution in [0.25, 0.3) is 32.8 Å². The summed E-state index contributed by atoms with van der Waals surface area (Å²) in [5, 5.41) is 19.9. The Labute approximate surface area is 267 Å². The number of hydrogen-bond donors (Lipinski definition) is 3. The van der Waals surface area contributed by atoms with Crippen LogP contribution in [0, 0.1) is 17.7 Å². The molecule has 0 radical (unpaired) electrons. The van der Waals surface area contributed by atoms with Gasteiger partial charge in [0.2, 0.25) is 0 Å². The fourth-order valence-electron chi connectivity index (χ4n) is 6.98. The van der Waals surface area contributed by atoms with Crippen molar-refractivity contribution >= 4 is 39.1 Å². The third-order valence-corrected chi connectivity index (χ3v) is 9.56. The Kier molecular flexibility index (Phi) is 8.67. The normalized spacial score (nSPS) is 23.3. The maximum atomic E-state index is 16.8. The summed E-state index contributed by atoms with van der Waals surface area (Å²) < 4.78 is 28.8. The Morgan fingerprint density at radius 1 is 1.16 bits per heavy atom. The molecule has 4 aromatic rings. The van der Waals surface area contributed by atoms with Crippen LogP contribution in [-0.4, -0.2) is 84.9 Å². The molecule has 9 nitrogen and oxygen atoms in total. The lowest BCUT2D eigenvalue weighted by atomic mass is 9.96. The van der Waals surface area contributed by atoms with Crippen molar-refractivity contribution in [3.8, 4) is 22.9 Å². The second kappa shape index (κ2) is 12.8. The van der Waals surface area contributed by atoms with Crippen LogP contribution in [0.1, 0.15) is 26.7 Å². The van der Waals surface area contributed by atoms with Crippen LogP contribution in [-0.2, 0) is 4.74 Å². The molecule has 7 rings (SSSR count). The molecular weight excluding hydrogens is 595 g/mol. The summed E-state index contributed by atoms with van der Waals surface area (Å²) in [7, 11) is 0. The molecule has 3 saturated heterocycles. The molecule has 4 heterocycles. The van der Waals surface area contributed by atoms with E-state index in [0.717, 1.165) is 63.0 Å². The molecule has 3 aliphatic heterocycles. The fourth-order valence-corrected chi connectivity index (χ4v) is 7.28. The summed E-state index contributed by atoms with van der Waals surface area (Å²) in [4.78, 5) is 14.1. The van der Waals surface area contributed by atoms with Gasteiger partial charge in [-0.05, 0) is 66.8 Å². The number of phenols is 1. The monoisotopic (exact) mass is 634 g/mol. The van der Waals surface area contributed by atoms with Crippen molar-refractivity contribution in [2.75, 3.05) is 57.5 Å². The van der Waals surface area contributed by atoms with E-state index >= 15 is 4.39 Å². The lowest BCUT2D eigenvalue weighted by Gasteiger charge is -2.28. The van der Waals surface area contributed by atoms with Crippen LogP contribution >= 0.6 is 11.6 Å². The van der Waals surface area contributed by atoms with Gasteiger partial charge in [-0.2, -0.15) is 9.97 Å². The molecule has 238 valence electrons. The van der Waals surface area contributed by atoms with Crippen LogP contribution in [0.3, 0.4) is 0 Å². The van der Waals surface area contributed by atoms with Crippen molar-refractivity contribution in [2.45, 2.75) is 39.0 Å². The first-order valence-electron chi connectivity index (χ1n) is 15.9. The fraction of sp³-hybridized carbons (Fsp3) is 0.471. The summed E-state index contributed by atoms with van der Waals surface area (Å²) in [6.45, 7) is 10.2.